The number of rotatable bonds is 2. The summed E-state index contributed by atoms with van der Waals surface area (Å²) in [5.74, 6) is 0.0226. The molecule has 5 rings (SSSR count). The molecule has 1 spiro atoms. The molecule has 0 saturated heterocycles. The van der Waals surface area contributed by atoms with Gasteiger partial charge < -0.3 is 9.84 Å². The first-order valence-corrected chi connectivity index (χ1v) is 12.7. The van der Waals surface area contributed by atoms with E-state index in [1.807, 2.05) is 12.1 Å². The normalized spacial score (nSPS) is 31.3. The second-order valence-electron chi connectivity index (χ2n) is 10.7. The average molecular weight is 536 g/mol. The molecule has 2 heterocycles. The average Bonchev–Trinajstić information content (AvgIpc) is 3.22. The Morgan fingerprint density at radius 3 is 2.52 bits per heavy atom. The summed E-state index contributed by atoms with van der Waals surface area (Å²) in [6, 6.07) is 6.75. The Kier molecular flexibility index (Phi) is 5.26. The van der Waals surface area contributed by atoms with Crippen molar-refractivity contribution in [2.24, 2.45) is 5.41 Å². The summed E-state index contributed by atoms with van der Waals surface area (Å²) < 4.78 is 21.1. The molecule has 166 valence electrons. The van der Waals surface area contributed by atoms with Crippen molar-refractivity contribution >= 4 is 22.6 Å². The second-order valence-corrected chi connectivity index (χ2v) is 12.2. The van der Waals surface area contributed by atoms with Gasteiger partial charge in [-0.05, 0) is 54.7 Å². The van der Waals surface area contributed by atoms with Gasteiger partial charge in [-0.15, -0.1) is 0 Å². The Labute approximate surface area is 197 Å². The molecule has 0 radical (unpaired) electrons. The molecule has 31 heavy (non-hydrogen) atoms. The van der Waals surface area contributed by atoms with Gasteiger partial charge in [-0.3, -0.25) is 4.98 Å². The molecule has 3 nitrogen and oxygen atoms in total. The van der Waals surface area contributed by atoms with Crippen LogP contribution in [0.4, 0.5) is 4.39 Å². The lowest BCUT2D eigenvalue weighted by Crippen LogP contribution is -2.35. The molecule has 1 fully saturated rings. The molecule has 3 unspecified atom stereocenters. The first kappa shape index (κ1) is 21.8. The molecule has 1 saturated carbocycles. The van der Waals surface area contributed by atoms with Crippen LogP contribution in [0.3, 0.4) is 0 Å². The third-order valence-corrected chi connectivity index (χ3v) is 9.01. The maximum atomic E-state index is 13.7. The van der Waals surface area contributed by atoms with Crippen molar-refractivity contribution in [1.29, 1.82) is 0 Å². The molecule has 2 N–H and O–H groups in total. The lowest BCUT2D eigenvalue weighted by Gasteiger charge is -2.37. The molecule has 5 heteroatoms. The highest BCUT2D eigenvalue weighted by atomic mass is 127. The smallest absolute Gasteiger partial charge is 0.182 e. The number of hydrogen-bond donors (Lipinski definition) is 0. The lowest BCUT2D eigenvalue weighted by atomic mass is 9.70. The van der Waals surface area contributed by atoms with Crippen LogP contribution in [0.15, 0.2) is 24.3 Å². The fraction of sp³-hybridized carbons (Fsp3) is 0.577. The molecule has 1 aromatic heterocycles. The number of halogens is 2. The Morgan fingerprint density at radius 1 is 1.19 bits per heavy atom. The first-order chi connectivity index (χ1) is 14.6. The van der Waals surface area contributed by atoms with Crippen molar-refractivity contribution in [3.8, 4) is 0 Å². The zero-order chi connectivity index (χ0) is 22.1. The van der Waals surface area contributed by atoms with Crippen LogP contribution in [0.1, 0.15) is 105 Å². The third-order valence-electron chi connectivity index (χ3n) is 7.38. The number of alkyl halides is 1. The SMILES string of the molecule is CC(C)c1nc2c(c3c1[C@@H](c1ccc(F)cc1)OC31CCCC1I)C([OH2+])CC(C)(C)C2. The van der Waals surface area contributed by atoms with Crippen LogP contribution in [-0.4, -0.2) is 14.0 Å². The maximum absolute atomic E-state index is 13.7. The minimum atomic E-state index is -0.369. The Balaban J connectivity index is 1.82. The minimum Gasteiger partial charge on any atom is -0.440 e. The predicted molar refractivity (Wildman–Crippen MR) is 129 cm³/mol. The van der Waals surface area contributed by atoms with Crippen LogP contribution < -0.4 is 0 Å². The molecular formula is C26H32FINO2+. The molecule has 1 aromatic carbocycles. The number of hydrogen-bond acceptors (Lipinski definition) is 2. The fourth-order valence-electron chi connectivity index (χ4n) is 6.08. The van der Waals surface area contributed by atoms with Crippen LogP contribution in [0.2, 0.25) is 0 Å². The Morgan fingerprint density at radius 2 is 1.90 bits per heavy atom. The summed E-state index contributed by atoms with van der Waals surface area (Å²) in [7, 11) is 0. The maximum Gasteiger partial charge on any atom is 0.182 e. The summed E-state index contributed by atoms with van der Waals surface area (Å²) in [5.41, 5.74) is 6.47. The number of pyridine rings is 1. The van der Waals surface area contributed by atoms with Gasteiger partial charge in [0.1, 0.15) is 17.5 Å². The number of nitrogens with zero attached hydrogens (tertiary/aromatic N) is 1. The van der Waals surface area contributed by atoms with Gasteiger partial charge in [-0.1, -0.05) is 62.4 Å². The molecule has 1 aliphatic heterocycles. The van der Waals surface area contributed by atoms with Gasteiger partial charge in [0, 0.05) is 27.2 Å². The van der Waals surface area contributed by atoms with Crippen LogP contribution >= 0.6 is 22.6 Å². The van der Waals surface area contributed by atoms with Gasteiger partial charge >= 0.3 is 0 Å². The Bertz CT molecular complexity index is 1020. The van der Waals surface area contributed by atoms with Crippen LogP contribution in [0.25, 0.3) is 0 Å². The van der Waals surface area contributed by atoms with Crippen molar-refractivity contribution in [3.63, 3.8) is 0 Å². The number of fused-ring (bicyclic) bond motifs is 4. The van der Waals surface area contributed by atoms with Crippen molar-refractivity contribution in [2.45, 2.75) is 87.5 Å². The Hall–Kier alpha value is -1.05. The molecule has 0 bridgehead atoms. The molecular weight excluding hydrogens is 504 g/mol. The zero-order valence-corrected chi connectivity index (χ0v) is 20.9. The zero-order valence-electron chi connectivity index (χ0n) is 18.8. The molecule has 2 aliphatic carbocycles. The van der Waals surface area contributed by atoms with Crippen LogP contribution in [-0.2, 0) is 16.8 Å². The van der Waals surface area contributed by atoms with E-state index >= 15 is 0 Å². The van der Waals surface area contributed by atoms with Crippen molar-refractivity contribution in [1.82, 2.24) is 4.98 Å². The van der Waals surface area contributed by atoms with E-state index in [4.69, 9.17) is 14.8 Å². The molecule has 2 aromatic rings. The highest BCUT2D eigenvalue weighted by Crippen LogP contribution is 2.61. The minimum absolute atomic E-state index is 0.0806. The monoisotopic (exact) mass is 536 g/mol. The molecule has 4 atom stereocenters. The highest BCUT2D eigenvalue weighted by Gasteiger charge is 2.57. The van der Waals surface area contributed by atoms with E-state index in [-0.39, 0.29) is 35.0 Å². The van der Waals surface area contributed by atoms with E-state index in [9.17, 15) is 4.39 Å². The first-order valence-electron chi connectivity index (χ1n) is 11.5. The summed E-state index contributed by atoms with van der Waals surface area (Å²) >= 11 is 2.57. The van der Waals surface area contributed by atoms with E-state index in [0.29, 0.717) is 3.92 Å². The summed E-state index contributed by atoms with van der Waals surface area (Å²) in [4.78, 5) is 5.23. The number of ether oxygens (including phenoxy) is 1. The van der Waals surface area contributed by atoms with Crippen molar-refractivity contribution < 1.29 is 14.2 Å². The number of benzene rings is 1. The third kappa shape index (κ3) is 3.37. The van der Waals surface area contributed by atoms with E-state index in [1.165, 1.54) is 23.3 Å². The highest BCUT2D eigenvalue weighted by molar-refractivity contribution is 14.1. The summed E-state index contributed by atoms with van der Waals surface area (Å²) in [5, 5.41) is 9.12. The van der Waals surface area contributed by atoms with Crippen molar-refractivity contribution in [3.05, 3.63) is 63.7 Å². The largest absolute Gasteiger partial charge is 0.440 e. The fourth-order valence-corrected chi connectivity index (χ4v) is 7.29. The predicted octanol–water partition coefficient (Wildman–Crippen LogP) is 6.38. The van der Waals surface area contributed by atoms with Gasteiger partial charge in [0.05, 0.1) is 11.3 Å². The van der Waals surface area contributed by atoms with Crippen molar-refractivity contribution in [2.75, 3.05) is 0 Å². The van der Waals surface area contributed by atoms with Crippen LogP contribution in [0.5, 0.6) is 0 Å². The van der Waals surface area contributed by atoms with Crippen LogP contribution in [0, 0.1) is 11.2 Å². The van der Waals surface area contributed by atoms with Gasteiger partial charge in [-0.25, -0.2) is 4.39 Å². The topological polar surface area (TPSA) is 45.0 Å². The molecule has 3 aliphatic rings. The number of aromatic nitrogens is 1. The summed E-state index contributed by atoms with van der Waals surface area (Å²) in [6.45, 7) is 8.91. The van der Waals surface area contributed by atoms with E-state index in [2.05, 4.69) is 50.3 Å². The second kappa shape index (κ2) is 7.49. The van der Waals surface area contributed by atoms with E-state index < -0.39 is 0 Å². The van der Waals surface area contributed by atoms with Gasteiger partial charge in [0.2, 0.25) is 0 Å². The van der Waals surface area contributed by atoms with Gasteiger partial charge in [-0.2, -0.15) is 0 Å². The lowest BCUT2D eigenvalue weighted by molar-refractivity contribution is -0.0516. The molecule has 0 amide bonds. The van der Waals surface area contributed by atoms with E-state index in [0.717, 1.165) is 54.6 Å². The standard InChI is InChI=1S/C26H31FINO2/c1-14(2)23-21-22(20-17(29-23)12-25(3,4)13-18(20)30)26(11-5-6-19(26)28)31-24(21)15-7-9-16(27)10-8-15/h7-10,14,18-19,24,30H,5-6,11-13H2,1-4H3/p+1/t18?,19?,24-,26?/m1/s1. The van der Waals surface area contributed by atoms with Gasteiger partial charge in [0.25, 0.3) is 0 Å². The quantitative estimate of drug-likeness (QED) is 0.254. The van der Waals surface area contributed by atoms with E-state index in [1.54, 1.807) is 0 Å². The van der Waals surface area contributed by atoms with Gasteiger partial charge in [0.15, 0.2) is 6.10 Å². The summed E-state index contributed by atoms with van der Waals surface area (Å²) in [6.07, 6.45) is 4.46.